The van der Waals surface area contributed by atoms with Gasteiger partial charge in [0.2, 0.25) is 0 Å². The summed E-state index contributed by atoms with van der Waals surface area (Å²) >= 11 is 11.2. The zero-order valence-corrected chi connectivity index (χ0v) is 7.89. The van der Waals surface area contributed by atoms with Crippen molar-refractivity contribution in [1.82, 2.24) is 0 Å². The van der Waals surface area contributed by atoms with E-state index in [-0.39, 0.29) is 0 Å². The maximum absolute atomic E-state index is 10.9. The van der Waals surface area contributed by atoms with Gasteiger partial charge in [-0.25, -0.2) is 0 Å². The number of hydrogen-bond donors (Lipinski definition) is 0. The Morgan fingerprint density at radius 2 is 2.08 bits per heavy atom. The fourth-order valence-corrected chi connectivity index (χ4v) is 1.54. The molecule has 0 saturated carbocycles. The molecule has 0 N–H and O–H groups in total. The lowest BCUT2D eigenvalue weighted by atomic mass is 10.2. The average molecular weight is 215 g/mol. The standard InChI is InChI=1S/C9H4Cl2O2/c10-7-2-1-6(9(11)12)8-5(7)3-4-13-8/h1-4H. The van der Waals surface area contributed by atoms with E-state index in [9.17, 15) is 4.79 Å². The first-order valence-electron chi connectivity index (χ1n) is 3.55. The number of halogens is 2. The average Bonchev–Trinajstić information content (AvgIpc) is 2.53. The van der Waals surface area contributed by atoms with Crippen molar-refractivity contribution in [3.8, 4) is 0 Å². The molecule has 0 amide bonds. The molecule has 0 atom stereocenters. The van der Waals surface area contributed by atoms with Crippen molar-refractivity contribution in [1.29, 1.82) is 0 Å². The quantitative estimate of drug-likeness (QED) is 0.681. The lowest BCUT2D eigenvalue weighted by molar-refractivity contribution is 0.108. The van der Waals surface area contributed by atoms with Crippen LogP contribution < -0.4 is 0 Å². The van der Waals surface area contributed by atoms with Crippen LogP contribution in [0.4, 0.5) is 0 Å². The lowest BCUT2D eigenvalue weighted by Gasteiger charge is -1.96. The maximum atomic E-state index is 10.9. The first kappa shape index (κ1) is 8.60. The Hall–Kier alpha value is -0.990. The molecule has 2 rings (SSSR count). The van der Waals surface area contributed by atoms with Gasteiger partial charge in [0.05, 0.1) is 16.8 Å². The minimum atomic E-state index is -0.545. The molecule has 0 aliphatic carbocycles. The molecule has 0 saturated heterocycles. The molecule has 66 valence electrons. The molecule has 4 heteroatoms. The van der Waals surface area contributed by atoms with Gasteiger partial charge in [-0.05, 0) is 29.8 Å². The Kier molecular flexibility index (Phi) is 2.02. The second kappa shape index (κ2) is 3.05. The van der Waals surface area contributed by atoms with Crippen LogP contribution in [0.15, 0.2) is 28.9 Å². The normalized spacial score (nSPS) is 10.6. The molecule has 0 aliphatic rings. The molecule has 1 aromatic carbocycles. The summed E-state index contributed by atoms with van der Waals surface area (Å²) in [5.41, 5.74) is 0.776. The molecule has 2 nitrogen and oxygen atoms in total. The highest BCUT2D eigenvalue weighted by atomic mass is 35.5. The third-order valence-corrected chi connectivity index (χ3v) is 2.31. The van der Waals surface area contributed by atoms with Gasteiger partial charge in [0.25, 0.3) is 5.24 Å². The molecule has 1 aromatic heterocycles. The molecule has 0 fully saturated rings. The van der Waals surface area contributed by atoms with Crippen LogP contribution in [-0.4, -0.2) is 5.24 Å². The van der Waals surface area contributed by atoms with E-state index in [0.29, 0.717) is 21.6 Å². The van der Waals surface area contributed by atoms with Gasteiger partial charge in [0, 0.05) is 5.39 Å². The number of fused-ring (bicyclic) bond motifs is 1. The van der Waals surface area contributed by atoms with Gasteiger partial charge in [0.1, 0.15) is 5.58 Å². The predicted molar refractivity (Wildman–Crippen MR) is 51.4 cm³/mol. The van der Waals surface area contributed by atoms with E-state index in [1.54, 1.807) is 18.2 Å². The Labute approximate surface area is 84.0 Å². The molecule has 0 unspecified atom stereocenters. The van der Waals surface area contributed by atoms with Crippen LogP contribution in [0.25, 0.3) is 11.0 Å². The fraction of sp³-hybridized carbons (Fsp3) is 0. The van der Waals surface area contributed by atoms with Crippen LogP contribution in [-0.2, 0) is 0 Å². The van der Waals surface area contributed by atoms with Crippen LogP contribution in [0.1, 0.15) is 10.4 Å². The van der Waals surface area contributed by atoms with Crippen LogP contribution in [0.2, 0.25) is 5.02 Å². The van der Waals surface area contributed by atoms with Crippen molar-refractivity contribution in [2.24, 2.45) is 0 Å². The van der Waals surface area contributed by atoms with Gasteiger partial charge in [-0.3, -0.25) is 4.79 Å². The smallest absolute Gasteiger partial charge is 0.256 e. The van der Waals surface area contributed by atoms with E-state index in [0.717, 1.165) is 0 Å². The topological polar surface area (TPSA) is 30.2 Å². The highest BCUT2D eigenvalue weighted by Crippen LogP contribution is 2.28. The number of rotatable bonds is 1. The second-order valence-electron chi connectivity index (χ2n) is 2.53. The maximum Gasteiger partial charge on any atom is 0.256 e. The van der Waals surface area contributed by atoms with Gasteiger partial charge in [-0.2, -0.15) is 0 Å². The van der Waals surface area contributed by atoms with Gasteiger partial charge in [-0.1, -0.05) is 11.6 Å². The molecule has 0 spiro atoms. The summed E-state index contributed by atoms with van der Waals surface area (Å²) in [5.74, 6) is 0. The molecular weight excluding hydrogens is 211 g/mol. The summed E-state index contributed by atoms with van der Waals surface area (Å²) < 4.78 is 5.10. The Bertz CT molecular complexity index is 473. The van der Waals surface area contributed by atoms with Crippen molar-refractivity contribution in [3.05, 3.63) is 35.0 Å². The van der Waals surface area contributed by atoms with Crippen LogP contribution in [0.5, 0.6) is 0 Å². The number of carbonyl (C=O) groups is 1. The second-order valence-corrected chi connectivity index (χ2v) is 3.28. The summed E-state index contributed by atoms with van der Waals surface area (Å²) in [7, 11) is 0. The monoisotopic (exact) mass is 214 g/mol. The zero-order valence-electron chi connectivity index (χ0n) is 6.38. The highest BCUT2D eigenvalue weighted by molar-refractivity contribution is 6.68. The van der Waals surface area contributed by atoms with Crippen LogP contribution in [0.3, 0.4) is 0 Å². The summed E-state index contributed by atoms with van der Waals surface area (Å²) in [5, 5.41) is 0.704. The fourth-order valence-electron chi connectivity index (χ4n) is 1.18. The van der Waals surface area contributed by atoms with Crippen LogP contribution >= 0.6 is 23.2 Å². The van der Waals surface area contributed by atoms with Gasteiger partial charge in [-0.15, -0.1) is 0 Å². The van der Waals surface area contributed by atoms with E-state index in [4.69, 9.17) is 27.6 Å². The summed E-state index contributed by atoms with van der Waals surface area (Å²) in [6.45, 7) is 0. The zero-order chi connectivity index (χ0) is 9.42. The Morgan fingerprint density at radius 3 is 2.77 bits per heavy atom. The van der Waals surface area contributed by atoms with Crippen molar-refractivity contribution in [2.75, 3.05) is 0 Å². The van der Waals surface area contributed by atoms with Crippen molar-refractivity contribution in [2.45, 2.75) is 0 Å². The SMILES string of the molecule is O=C(Cl)c1ccc(Cl)c2ccoc12. The largest absolute Gasteiger partial charge is 0.463 e. The molecule has 2 aromatic rings. The predicted octanol–water partition coefficient (Wildman–Crippen LogP) is 3.47. The third kappa shape index (κ3) is 1.32. The minimum absolute atomic E-state index is 0.339. The third-order valence-electron chi connectivity index (χ3n) is 1.78. The molecular formula is C9H4Cl2O2. The molecule has 0 bridgehead atoms. The van der Waals surface area contributed by atoms with E-state index in [1.165, 1.54) is 6.26 Å². The number of furan rings is 1. The number of carbonyl (C=O) groups excluding carboxylic acids is 1. The minimum Gasteiger partial charge on any atom is -0.463 e. The van der Waals surface area contributed by atoms with E-state index in [2.05, 4.69) is 0 Å². The molecule has 0 aliphatic heterocycles. The molecule has 13 heavy (non-hydrogen) atoms. The van der Waals surface area contributed by atoms with E-state index >= 15 is 0 Å². The van der Waals surface area contributed by atoms with E-state index in [1.807, 2.05) is 0 Å². The van der Waals surface area contributed by atoms with Gasteiger partial charge in [0.15, 0.2) is 0 Å². The molecule has 0 radical (unpaired) electrons. The number of benzene rings is 1. The molecule has 1 heterocycles. The van der Waals surface area contributed by atoms with Gasteiger partial charge >= 0.3 is 0 Å². The highest BCUT2D eigenvalue weighted by Gasteiger charge is 2.11. The van der Waals surface area contributed by atoms with Crippen molar-refractivity contribution >= 4 is 39.4 Å². The number of hydrogen-bond acceptors (Lipinski definition) is 2. The van der Waals surface area contributed by atoms with Gasteiger partial charge < -0.3 is 4.42 Å². The van der Waals surface area contributed by atoms with Crippen molar-refractivity contribution in [3.63, 3.8) is 0 Å². The lowest BCUT2D eigenvalue weighted by Crippen LogP contribution is -1.88. The Morgan fingerprint density at radius 1 is 1.31 bits per heavy atom. The summed E-state index contributed by atoms with van der Waals surface area (Å²) in [4.78, 5) is 10.9. The van der Waals surface area contributed by atoms with Crippen LogP contribution in [0, 0.1) is 0 Å². The first-order valence-corrected chi connectivity index (χ1v) is 4.31. The summed E-state index contributed by atoms with van der Waals surface area (Å²) in [6, 6.07) is 4.86. The first-order chi connectivity index (χ1) is 6.20. The van der Waals surface area contributed by atoms with E-state index < -0.39 is 5.24 Å². The Balaban J connectivity index is 2.86. The summed E-state index contributed by atoms with van der Waals surface area (Å²) in [6.07, 6.45) is 1.47. The van der Waals surface area contributed by atoms with Crippen molar-refractivity contribution < 1.29 is 9.21 Å².